The van der Waals surface area contributed by atoms with Gasteiger partial charge >= 0.3 is 0 Å². The van der Waals surface area contributed by atoms with Gasteiger partial charge in [0.15, 0.2) is 0 Å². The first-order valence-electron chi connectivity index (χ1n) is 9.61. The summed E-state index contributed by atoms with van der Waals surface area (Å²) in [5, 5.41) is 2.76. The largest absolute Gasteiger partial charge is 0.348 e. The lowest BCUT2D eigenvalue weighted by Crippen LogP contribution is -2.25. The molecule has 2 amide bonds. The molecule has 0 fully saturated rings. The Morgan fingerprint density at radius 1 is 1.07 bits per heavy atom. The zero-order valence-electron chi connectivity index (χ0n) is 17.1. The molecule has 1 N–H and O–H groups in total. The topological polar surface area (TPSA) is 75.2 Å². The minimum absolute atomic E-state index is 0.0516. The highest BCUT2D eigenvalue weighted by molar-refractivity contribution is 5.94. The van der Waals surface area contributed by atoms with Crippen LogP contribution in [-0.4, -0.2) is 28.8 Å². The quantitative estimate of drug-likeness (QED) is 0.630. The lowest BCUT2D eigenvalue weighted by molar-refractivity contribution is -0.118. The standard InChI is InChI=1S/C23H23FN4O2/c1-4-22(29)28(3)20-9-7-17(11-15(20)2)19-8-6-18(14-25-19)23(30)27-13-16-5-10-21(24)26-12-16/h5-12,14H,4,13H2,1-3H3,(H,27,30). The summed E-state index contributed by atoms with van der Waals surface area (Å²) in [6.07, 6.45) is 3.35. The second kappa shape index (κ2) is 9.26. The predicted molar refractivity (Wildman–Crippen MR) is 113 cm³/mol. The maximum Gasteiger partial charge on any atom is 0.253 e. The summed E-state index contributed by atoms with van der Waals surface area (Å²) in [5.41, 5.74) is 4.59. The molecular formula is C23H23FN4O2. The number of pyridine rings is 2. The fourth-order valence-electron chi connectivity index (χ4n) is 3.06. The molecule has 2 heterocycles. The normalized spacial score (nSPS) is 10.5. The molecule has 0 radical (unpaired) electrons. The van der Waals surface area contributed by atoms with E-state index in [9.17, 15) is 14.0 Å². The van der Waals surface area contributed by atoms with Crippen molar-refractivity contribution in [1.82, 2.24) is 15.3 Å². The molecule has 6 nitrogen and oxygen atoms in total. The second-order valence-corrected chi connectivity index (χ2v) is 6.91. The molecule has 30 heavy (non-hydrogen) atoms. The van der Waals surface area contributed by atoms with E-state index in [0.717, 1.165) is 22.5 Å². The van der Waals surface area contributed by atoms with Crippen molar-refractivity contribution in [2.45, 2.75) is 26.8 Å². The lowest BCUT2D eigenvalue weighted by Gasteiger charge is -2.19. The zero-order chi connectivity index (χ0) is 21.7. The van der Waals surface area contributed by atoms with Crippen molar-refractivity contribution in [2.24, 2.45) is 0 Å². The third kappa shape index (κ3) is 4.86. The molecule has 0 aliphatic heterocycles. The summed E-state index contributed by atoms with van der Waals surface area (Å²) in [4.78, 5) is 33.9. The smallest absolute Gasteiger partial charge is 0.253 e. The number of aryl methyl sites for hydroxylation is 1. The van der Waals surface area contributed by atoms with E-state index >= 15 is 0 Å². The molecule has 3 aromatic rings. The van der Waals surface area contributed by atoms with Crippen LogP contribution in [0.15, 0.2) is 54.9 Å². The molecule has 154 valence electrons. The fraction of sp³-hybridized carbons (Fsp3) is 0.217. The first-order valence-corrected chi connectivity index (χ1v) is 9.61. The van der Waals surface area contributed by atoms with Gasteiger partial charge in [-0.15, -0.1) is 0 Å². The maximum absolute atomic E-state index is 12.8. The van der Waals surface area contributed by atoms with E-state index in [2.05, 4.69) is 15.3 Å². The summed E-state index contributed by atoms with van der Waals surface area (Å²) in [6.45, 7) is 4.03. The van der Waals surface area contributed by atoms with E-state index in [0.29, 0.717) is 17.5 Å². The number of halogens is 1. The molecular weight excluding hydrogens is 383 g/mol. The number of amides is 2. The number of rotatable bonds is 6. The number of nitrogens with zero attached hydrogens (tertiary/aromatic N) is 3. The molecule has 0 saturated heterocycles. The van der Waals surface area contributed by atoms with Gasteiger partial charge in [0.05, 0.1) is 11.3 Å². The molecule has 7 heteroatoms. The molecule has 3 rings (SSSR count). The number of benzene rings is 1. The van der Waals surface area contributed by atoms with E-state index in [1.165, 1.54) is 18.5 Å². The van der Waals surface area contributed by atoms with E-state index < -0.39 is 5.95 Å². The van der Waals surface area contributed by atoms with E-state index in [-0.39, 0.29) is 18.4 Å². The third-order valence-electron chi connectivity index (χ3n) is 4.80. The zero-order valence-corrected chi connectivity index (χ0v) is 17.1. The predicted octanol–water partition coefficient (Wildman–Crippen LogP) is 3.89. The Morgan fingerprint density at radius 2 is 1.87 bits per heavy atom. The van der Waals surface area contributed by atoms with E-state index in [1.54, 1.807) is 30.1 Å². The van der Waals surface area contributed by atoms with E-state index in [1.807, 2.05) is 32.0 Å². The molecule has 0 aliphatic carbocycles. The molecule has 0 unspecified atom stereocenters. The molecule has 0 bridgehead atoms. The van der Waals surface area contributed by atoms with Crippen LogP contribution in [0.2, 0.25) is 0 Å². The summed E-state index contributed by atoms with van der Waals surface area (Å²) < 4.78 is 12.8. The second-order valence-electron chi connectivity index (χ2n) is 6.91. The van der Waals surface area contributed by atoms with Gasteiger partial charge in [-0.25, -0.2) is 4.98 Å². The van der Waals surface area contributed by atoms with Crippen LogP contribution < -0.4 is 10.2 Å². The van der Waals surface area contributed by atoms with Crippen LogP contribution in [0.4, 0.5) is 10.1 Å². The highest BCUT2D eigenvalue weighted by Gasteiger charge is 2.13. The van der Waals surface area contributed by atoms with Crippen molar-refractivity contribution in [3.63, 3.8) is 0 Å². The highest BCUT2D eigenvalue weighted by atomic mass is 19.1. The average Bonchev–Trinajstić information content (AvgIpc) is 2.77. The van der Waals surface area contributed by atoms with Crippen molar-refractivity contribution in [1.29, 1.82) is 0 Å². The van der Waals surface area contributed by atoms with Crippen molar-refractivity contribution < 1.29 is 14.0 Å². The minimum Gasteiger partial charge on any atom is -0.348 e. The van der Waals surface area contributed by atoms with Crippen LogP contribution in [-0.2, 0) is 11.3 Å². The molecule has 0 atom stereocenters. The summed E-state index contributed by atoms with van der Waals surface area (Å²) in [7, 11) is 1.77. The number of carbonyl (C=O) groups is 2. The van der Waals surface area contributed by atoms with Gasteiger partial charge in [-0.3, -0.25) is 14.6 Å². The first kappa shape index (κ1) is 21.1. The Bertz CT molecular complexity index is 1050. The number of carbonyl (C=O) groups excluding carboxylic acids is 2. The maximum atomic E-state index is 12.8. The van der Waals surface area contributed by atoms with Crippen molar-refractivity contribution >= 4 is 17.5 Å². The number of aromatic nitrogens is 2. The Morgan fingerprint density at radius 3 is 2.47 bits per heavy atom. The lowest BCUT2D eigenvalue weighted by atomic mass is 10.0. The van der Waals surface area contributed by atoms with Gasteiger partial charge < -0.3 is 10.2 Å². The Labute approximate surface area is 174 Å². The van der Waals surface area contributed by atoms with Crippen LogP contribution in [0.1, 0.15) is 34.8 Å². The summed E-state index contributed by atoms with van der Waals surface area (Å²) >= 11 is 0. The van der Waals surface area contributed by atoms with E-state index in [4.69, 9.17) is 0 Å². The van der Waals surface area contributed by atoms with Crippen LogP contribution >= 0.6 is 0 Å². The summed E-state index contributed by atoms with van der Waals surface area (Å²) in [5.74, 6) is -0.780. The monoisotopic (exact) mass is 406 g/mol. The van der Waals surface area contributed by atoms with Crippen LogP contribution in [0.3, 0.4) is 0 Å². The van der Waals surface area contributed by atoms with Crippen molar-refractivity contribution in [2.75, 3.05) is 11.9 Å². The Hall–Kier alpha value is -3.61. The Kier molecular flexibility index (Phi) is 6.51. The van der Waals surface area contributed by atoms with Gasteiger partial charge in [-0.05, 0) is 48.4 Å². The van der Waals surface area contributed by atoms with Gasteiger partial charge in [0.25, 0.3) is 5.91 Å². The van der Waals surface area contributed by atoms with Gasteiger partial charge in [0, 0.05) is 43.7 Å². The van der Waals surface area contributed by atoms with Crippen LogP contribution in [0.25, 0.3) is 11.3 Å². The minimum atomic E-state index is -0.559. The van der Waals surface area contributed by atoms with Gasteiger partial charge in [-0.1, -0.05) is 19.1 Å². The third-order valence-corrected chi connectivity index (χ3v) is 4.80. The highest BCUT2D eigenvalue weighted by Crippen LogP contribution is 2.26. The average molecular weight is 406 g/mol. The SMILES string of the molecule is CCC(=O)N(C)c1ccc(-c2ccc(C(=O)NCc3ccc(F)nc3)cn2)cc1C. The number of nitrogens with one attached hydrogen (secondary N) is 1. The molecule has 0 spiro atoms. The number of hydrogen-bond acceptors (Lipinski definition) is 4. The number of hydrogen-bond donors (Lipinski definition) is 1. The molecule has 1 aromatic carbocycles. The van der Waals surface area contributed by atoms with Crippen LogP contribution in [0.5, 0.6) is 0 Å². The van der Waals surface area contributed by atoms with Crippen molar-refractivity contribution in [3.05, 3.63) is 77.5 Å². The van der Waals surface area contributed by atoms with Gasteiger partial charge in [0.1, 0.15) is 0 Å². The van der Waals surface area contributed by atoms with Gasteiger partial charge in [0.2, 0.25) is 11.9 Å². The summed E-state index contributed by atoms with van der Waals surface area (Å²) in [6, 6.07) is 12.1. The number of anilines is 1. The molecule has 0 aliphatic rings. The molecule has 2 aromatic heterocycles. The first-order chi connectivity index (χ1) is 14.4. The fourth-order valence-corrected chi connectivity index (χ4v) is 3.06. The Balaban J connectivity index is 1.69. The van der Waals surface area contributed by atoms with Gasteiger partial charge in [-0.2, -0.15) is 4.39 Å². The molecule has 0 saturated carbocycles. The van der Waals surface area contributed by atoms with Crippen molar-refractivity contribution in [3.8, 4) is 11.3 Å². The van der Waals surface area contributed by atoms with Crippen LogP contribution in [0, 0.1) is 12.9 Å².